The van der Waals surface area contributed by atoms with Gasteiger partial charge in [-0.15, -0.1) is 11.3 Å². The highest BCUT2D eigenvalue weighted by atomic mass is 35.5. The molecule has 1 N–H and O–H groups in total. The summed E-state index contributed by atoms with van der Waals surface area (Å²) in [5, 5.41) is 9.99. The van der Waals surface area contributed by atoms with E-state index < -0.39 is 5.97 Å². The highest BCUT2D eigenvalue weighted by Gasteiger charge is 2.12. The van der Waals surface area contributed by atoms with Gasteiger partial charge < -0.3 is 5.11 Å². The maximum Gasteiger partial charge on any atom is 0.310 e. The number of carboxylic acids is 1. The minimum absolute atomic E-state index is 0.0356. The summed E-state index contributed by atoms with van der Waals surface area (Å²) in [5.41, 5.74) is 1.73. The molecule has 0 aliphatic heterocycles. The van der Waals surface area contributed by atoms with Crippen LogP contribution in [0.1, 0.15) is 9.88 Å². The second kappa shape index (κ2) is 4.85. The molecular formula is C12H10ClNO2S. The Bertz CT molecular complexity index is 565. The number of rotatable bonds is 3. The molecule has 0 unspecified atom stereocenters. The van der Waals surface area contributed by atoms with Gasteiger partial charge in [-0.1, -0.05) is 23.7 Å². The number of carboxylic acid groups (broad SMARTS) is 1. The Labute approximate surface area is 108 Å². The van der Waals surface area contributed by atoms with E-state index in [0.29, 0.717) is 10.0 Å². The van der Waals surface area contributed by atoms with E-state index in [0.717, 1.165) is 16.1 Å². The number of aromatic nitrogens is 1. The Morgan fingerprint density at radius 3 is 2.94 bits per heavy atom. The molecule has 0 aliphatic rings. The normalized spacial score (nSPS) is 10.5. The van der Waals surface area contributed by atoms with Gasteiger partial charge in [0, 0.05) is 15.5 Å². The number of carbonyl (C=O) groups is 1. The van der Waals surface area contributed by atoms with Gasteiger partial charge >= 0.3 is 5.97 Å². The third kappa shape index (κ3) is 2.84. The SMILES string of the molecule is Cc1sc(CC(=O)O)nc1-c1cccc(Cl)c1. The Morgan fingerprint density at radius 2 is 2.29 bits per heavy atom. The molecule has 1 heterocycles. The standard InChI is InChI=1S/C12H10ClNO2S/c1-7-12(8-3-2-4-9(13)5-8)14-10(17-7)6-11(15)16/h2-5H,6H2,1H3,(H,15,16). The van der Waals surface area contributed by atoms with Crippen LogP contribution in [0, 0.1) is 6.92 Å². The number of benzene rings is 1. The Balaban J connectivity index is 2.39. The molecule has 0 saturated heterocycles. The van der Waals surface area contributed by atoms with Crippen LogP contribution in [0.15, 0.2) is 24.3 Å². The van der Waals surface area contributed by atoms with Gasteiger partial charge in [0.25, 0.3) is 0 Å². The molecule has 5 heteroatoms. The molecule has 3 nitrogen and oxygen atoms in total. The highest BCUT2D eigenvalue weighted by Crippen LogP contribution is 2.29. The van der Waals surface area contributed by atoms with Crippen molar-refractivity contribution in [2.24, 2.45) is 0 Å². The van der Waals surface area contributed by atoms with Crippen molar-refractivity contribution in [3.05, 3.63) is 39.2 Å². The summed E-state index contributed by atoms with van der Waals surface area (Å²) in [5.74, 6) is -0.864. The lowest BCUT2D eigenvalue weighted by Crippen LogP contribution is -1.99. The van der Waals surface area contributed by atoms with Gasteiger partial charge in [-0.05, 0) is 19.1 Å². The summed E-state index contributed by atoms with van der Waals surface area (Å²) in [6.07, 6.45) is -0.0356. The van der Waals surface area contributed by atoms with Crippen LogP contribution in [0.3, 0.4) is 0 Å². The summed E-state index contributed by atoms with van der Waals surface area (Å²) in [4.78, 5) is 16.0. The molecule has 0 radical (unpaired) electrons. The first-order valence-corrected chi connectivity index (χ1v) is 6.20. The molecule has 0 bridgehead atoms. The van der Waals surface area contributed by atoms with E-state index in [1.165, 1.54) is 11.3 Å². The van der Waals surface area contributed by atoms with E-state index in [9.17, 15) is 4.79 Å². The molecule has 0 spiro atoms. The first-order valence-electron chi connectivity index (χ1n) is 5.00. The van der Waals surface area contributed by atoms with E-state index in [-0.39, 0.29) is 6.42 Å². The van der Waals surface area contributed by atoms with Gasteiger partial charge in [0.1, 0.15) is 5.01 Å². The molecule has 17 heavy (non-hydrogen) atoms. The van der Waals surface area contributed by atoms with Crippen LogP contribution in [0.5, 0.6) is 0 Å². The van der Waals surface area contributed by atoms with Gasteiger partial charge in [-0.25, -0.2) is 4.98 Å². The quantitative estimate of drug-likeness (QED) is 0.927. The van der Waals surface area contributed by atoms with E-state index in [1.54, 1.807) is 6.07 Å². The molecule has 0 saturated carbocycles. The maximum atomic E-state index is 10.6. The summed E-state index contributed by atoms with van der Waals surface area (Å²) in [7, 11) is 0. The van der Waals surface area contributed by atoms with Crippen molar-refractivity contribution in [1.29, 1.82) is 0 Å². The number of aryl methyl sites for hydroxylation is 1. The Morgan fingerprint density at radius 1 is 1.53 bits per heavy atom. The molecule has 1 aromatic heterocycles. The van der Waals surface area contributed by atoms with Crippen molar-refractivity contribution in [1.82, 2.24) is 4.98 Å². The number of hydrogen-bond acceptors (Lipinski definition) is 3. The molecule has 2 aromatic rings. The minimum Gasteiger partial charge on any atom is -0.481 e. The number of aliphatic carboxylic acids is 1. The Kier molecular flexibility index (Phi) is 3.45. The lowest BCUT2D eigenvalue weighted by atomic mass is 10.1. The summed E-state index contributed by atoms with van der Waals surface area (Å²) < 4.78 is 0. The molecule has 0 fully saturated rings. The van der Waals surface area contributed by atoms with Crippen LogP contribution >= 0.6 is 22.9 Å². The van der Waals surface area contributed by atoms with Crippen molar-refractivity contribution in [2.75, 3.05) is 0 Å². The lowest BCUT2D eigenvalue weighted by Gasteiger charge is -1.98. The largest absolute Gasteiger partial charge is 0.481 e. The van der Waals surface area contributed by atoms with E-state index in [4.69, 9.17) is 16.7 Å². The van der Waals surface area contributed by atoms with Crippen LogP contribution in [-0.2, 0) is 11.2 Å². The third-order valence-electron chi connectivity index (χ3n) is 2.24. The van der Waals surface area contributed by atoms with Gasteiger partial charge in [0.05, 0.1) is 12.1 Å². The zero-order valence-electron chi connectivity index (χ0n) is 9.11. The first kappa shape index (κ1) is 12.1. The monoisotopic (exact) mass is 267 g/mol. The molecule has 0 amide bonds. The fourth-order valence-corrected chi connectivity index (χ4v) is 2.70. The summed E-state index contributed by atoms with van der Waals surface area (Å²) in [6, 6.07) is 7.39. The van der Waals surface area contributed by atoms with Crippen molar-refractivity contribution in [3.8, 4) is 11.3 Å². The van der Waals surface area contributed by atoms with Crippen molar-refractivity contribution in [2.45, 2.75) is 13.3 Å². The van der Waals surface area contributed by atoms with Gasteiger partial charge in [-0.2, -0.15) is 0 Å². The molecule has 2 rings (SSSR count). The molecule has 0 atom stereocenters. The highest BCUT2D eigenvalue weighted by molar-refractivity contribution is 7.12. The second-order valence-corrected chi connectivity index (χ2v) is 5.32. The van der Waals surface area contributed by atoms with Crippen LogP contribution in [-0.4, -0.2) is 16.1 Å². The topological polar surface area (TPSA) is 50.2 Å². The minimum atomic E-state index is -0.864. The second-order valence-electron chi connectivity index (χ2n) is 3.59. The molecule has 0 aliphatic carbocycles. The Hall–Kier alpha value is -1.39. The fraction of sp³-hybridized carbons (Fsp3) is 0.167. The van der Waals surface area contributed by atoms with Crippen LogP contribution in [0.25, 0.3) is 11.3 Å². The van der Waals surface area contributed by atoms with E-state index in [2.05, 4.69) is 4.98 Å². The van der Waals surface area contributed by atoms with Gasteiger partial charge in [-0.3, -0.25) is 4.79 Å². The zero-order chi connectivity index (χ0) is 12.4. The van der Waals surface area contributed by atoms with Crippen LogP contribution in [0.2, 0.25) is 5.02 Å². The van der Waals surface area contributed by atoms with Gasteiger partial charge in [0.2, 0.25) is 0 Å². The van der Waals surface area contributed by atoms with E-state index >= 15 is 0 Å². The van der Waals surface area contributed by atoms with Crippen molar-refractivity contribution < 1.29 is 9.90 Å². The van der Waals surface area contributed by atoms with Crippen molar-refractivity contribution >= 4 is 28.9 Å². The van der Waals surface area contributed by atoms with E-state index in [1.807, 2.05) is 25.1 Å². The zero-order valence-corrected chi connectivity index (χ0v) is 10.7. The molecular weight excluding hydrogens is 258 g/mol. The predicted molar refractivity (Wildman–Crippen MR) is 68.6 cm³/mol. The summed E-state index contributed by atoms with van der Waals surface area (Å²) in [6.45, 7) is 1.93. The van der Waals surface area contributed by atoms with Crippen LogP contribution in [0.4, 0.5) is 0 Å². The fourth-order valence-electron chi connectivity index (χ4n) is 1.56. The number of halogens is 1. The van der Waals surface area contributed by atoms with Crippen molar-refractivity contribution in [3.63, 3.8) is 0 Å². The average molecular weight is 268 g/mol. The number of nitrogens with zero attached hydrogens (tertiary/aromatic N) is 1. The first-order chi connectivity index (χ1) is 8.06. The molecule has 88 valence electrons. The smallest absolute Gasteiger partial charge is 0.310 e. The predicted octanol–water partition coefficient (Wildman–Crippen LogP) is 3.40. The average Bonchev–Trinajstić information content (AvgIpc) is 2.58. The van der Waals surface area contributed by atoms with Crippen LogP contribution < -0.4 is 0 Å². The maximum absolute atomic E-state index is 10.6. The summed E-state index contributed by atoms with van der Waals surface area (Å²) >= 11 is 7.33. The lowest BCUT2D eigenvalue weighted by molar-refractivity contribution is -0.136. The number of hydrogen-bond donors (Lipinski definition) is 1. The molecule has 1 aromatic carbocycles. The number of thiazole rings is 1. The van der Waals surface area contributed by atoms with Gasteiger partial charge in [0.15, 0.2) is 0 Å². The third-order valence-corrected chi connectivity index (χ3v) is 3.45.